The molecule has 0 fully saturated rings. The lowest BCUT2D eigenvalue weighted by molar-refractivity contribution is -0.143. The van der Waals surface area contributed by atoms with E-state index in [-0.39, 0.29) is 18.6 Å². The summed E-state index contributed by atoms with van der Waals surface area (Å²) in [6.45, 7) is 7.31. The quantitative estimate of drug-likeness (QED) is 0.594. The van der Waals surface area contributed by atoms with Crippen LogP contribution in [-0.2, 0) is 9.53 Å². The number of carbonyl (C=O) groups is 1. The molecule has 0 radical (unpaired) electrons. The largest absolute Gasteiger partial charge is 0.466 e. The van der Waals surface area contributed by atoms with Crippen molar-refractivity contribution in [3.05, 3.63) is 0 Å². The normalized spacial score (nSPS) is 14.7. The van der Waals surface area contributed by atoms with Gasteiger partial charge in [0.1, 0.15) is 0 Å². The molecule has 15 heavy (non-hydrogen) atoms. The van der Waals surface area contributed by atoms with E-state index >= 15 is 0 Å². The van der Waals surface area contributed by atoms with Crippen LogP contribution in [0.5, 0.6) is 0 Å². The van der Waals surface area contributed by atoms with E-state index in [2.05, 4.69) is 12.2 Å². The molecule has 0 amide bonds. The molecular weight excluding hydrogens is 194 g/mol. The molecule has 0 rings (SSSR count). The lowest BCUT2D eigenvalue weighted by atomic mass is 10.1. The number of hydrogen-bond acceptors (Lipinski definition) is 4. The average Bonchev–Trinajstić information content (AvgIpc) is 2.15. The summed E-state index contributed by atoms with van der Waals surface area (Å²) in [5.41, 5.74) is 0. The third-order valence-electron chi connectivity index (χ3n) is 2.21. The minimum absolute atomic E-state index is 0.130. The summed E-state index contributed by atoms with van der Waals surface area (Å²) in [5.74, 6) is 0.270. The van der Waals surface area contributed by atoms with Crippen LogP contribution in [0.25, 0.3) is 0 Å². The first-order valence-electron chi connectivity index (χ1n) is 5.60. The van der Waals surface area contributed by atoms with Crippen molar-refractivity contribution in [2.45, 2.75) is 39.7 Å². The Morgan fingerprint density at radius 3 is 2.67 bits per heavy atom. The molecule has 0 spiro atoms. The molecule has 4 heteroatoms. The second-order valence-corrected chi connectivity index (χ2v) is 3.94. The van der Waals surface area contributed by atoms with Gasteiger partial charge < -0.3 is 15.2 Å². The molecule has 2 unspecified atom stereocenters. The Morgan fingerprint density at radius 1 is 1.47 bits per heavy atom. The molecule has 0 aromatic carbocycles. The van der Waals surface area contributed by atoms with Gasteiger partial charge in [-0.2, -0.15) is 0 Å². The van der Waals surface area contributed by atoms with Crippen molar-refractivity contribution >= 4 is 5.97 Å². The molecule has 2 N–H and O–H groups in total. The first kappa shape index (κ1) is 14.4. The van der Waals surface area contributed by atoms with Crippen molar-refractivity contribution < 1.29 is 14.6 Å². The molecule has 0 aliphatic rings. The maximum atomic E-state index is 11.1. The van der Waals surface area contributed by atoms with Crippen LogP contribution in [0, 0.1) is 5.92 Å². The van der Waals surface area contributed by atoms with Crippen LogP contribution in [-0.4, -0.2) is 36.9 Å². The third-order valence-corrected chi connectivity index (χ3v) is 2.21. The van der Waals surface area contributed by atoms with Crippen molar-refractivity contribution in [3.63, 3.8) is 0 Å². The molecule has 0 aliphatic heterocycles. The van der Waals surface area contributed by atoms with Crippen molar-refractivity contribution in [1.29, 1.82) is 0 Å². The molecular formula is C11H23NO3. The van der Waals surface area contributed by atoms with Crippen LogP contribution >= 0.6 is 0 Å². The molecule has 0 heterocycles. The minimum Gasteiger partial charge on any atom is -0.466 e. The second-order valence-electron chi connectivity index (χ2n) is 3.94. The van der Waals surface area contributed by atoms with E-state index in [9.17, 15) is 4.79 Å². The number of esters is 1. The summed E-state index contributed by atoms with van der Waals surface area (Å²) in [6.07, 6.45) is 1.19. The van der Waals surface area contributed by atoms with E-state index in [1.54, 1.807) is 6.92 Å². The Kier molecular flexibility index (Phi) is 8.33. The Hall–Kier alpha value is -0.610. The van der Waals surface area contributed by atoms with E-state index in [0.29, 0.717) is 18.9 Å². The molecule has 2 atom stereocenters. The fourth-order valence-electron chi connectivity index (χ4n) is 1.27. The van der Waals surface area contributed by atoms with Gasteiger partial charge in [-0.25, -0.2) is 0 Å². The van der Waals surface area contributed by atoms with E-state index in [1.165, 1.54) is 0 Å². The van der Waals surface area contributed by atoms with Gasteiger partial charge in [-0.3, -0.25) is 4.79 Å². The van der Waals surface area contributed by atoms with Gasteiger partial charge in [0.25, 0.3) is 0 Å². The van der Waals surface area contributed by atoms with Crippen LogP contribution < -0.4 is 5.32 Å². The third kappa shape index (κ3) is 8.39. The molecule has 0 saturated carbocycles. The van der Waals surface area contributed by atoms with Crippen LogP contribution in [0.3, 0.4) is 0 Å². The average molecular weight is 217 g/mol. The first-order chi connectivity index (χ1) is 7.10. The SMILES string of the molecule is CCOC(=O)CC(C)NCC(C)CCO. The Morgan fingerprint density at radius 2 is 2.13 bits per heavy atom. The predicted molar refractivity (Wildman–Crippen MR) is 59.6 cm³/mol. The number of aliphatic hydroxyl groups excluding tert-OH is 1. The first-order valence-corrected chi connectivity index (χ1v) is 5.60. The highest BCUT2D eigenvalue weighted by atomic mass is 16.5. The summed E-state index contributed by atoms with van der Waals surface area (Å²) in [7, 11) is 0. The van der Waals surface area contributed by atoms with Crippen LogP contribution in [0.1, 0.15) is 33.6 Å². The van der Waals surface area contributed by atoms with E-state index in [1.807, 2.05) is 6.92 Å². The van der Waals surface area contributed by atoms with Crippen molar-refractivity contribution in [3.8, 4) is 0 Å². The maximum Gasteiger partial charge on any atom is 0.307 e. The predicted octanol–water partition coefficient (Wildman–Crippen LogP) is 0.936. The van der Waals surface area contributed by atoms with Gasteiger partial charge in [0.2, 0.25) is 0 Å². The van der Waals surface area contributed by atoms with Gasteiger partial charge in [0, 0.05) is 12.6 Å². The summed E-state index contributed by atoms with van der Waals surface area (Å²) in [4.78, 5) is 11.1. The second kappa shape index (κ2) is 8.68. The summed E-state index contributed by atoms with van der Waals surface area (Å²) < 4.78 is 4.85. The molecule has 0 bridgehead atoms. The van der Waals surface area contributed by atoms with E-state index in [4.69, 9.17) is 9.84 Å². The highest BCUT2D eigenvalue weighted by molar-refractivity contribution is 5.69. The highest BCUT2D eigenvalue weighted by Gasteiger charge is 2.10. The van der Waals surface area contributed by atoms with Crippen molar-refractivity contribution in [2.75, 3.05) is 19.8 Å². The fraction of sp³-hybridized carbons (Fsp3) is 0.909. The zero-order chi connectivity index (χ0) is 11.7. The maximum absolute atomic E-state index is 11.1. The number of carbonyl (C=O) groups excluding carboxylic acids is 1. The van der Waals surface area contributed by atoms with Crippen molar-refractivity contribution in [1.82, 2.24) is 5.32 Å². The lowest BCUT2D eigenvalue weighted by Crippen LogP contribution is -2.32. The van der Waals surface area contributed by atoms with E-state index < -0.39 is 0 Å². The monoisotopic (exact) mass is 217 g/mol. The van der Waals surface area contributed by atoms with Gasteiger partial charge in [0.05, 0.1) is 13.0 Å². The number of rotatable bonds is 8. The van der Waals surface area contributed by atoms with Crippen LogP contribution in [0.15, 0.2) is 0 Å². The fourth-order valence-corrected chi connectivity index (χ4v) is 1.27. The Labute approximate surface area is 92.0 Å². The Balaban J connectivity index is 3.56. The molecule has 0 aromatic rings. The van der Waals surface area contributed by atoms with Crippen LogP contribution in [0.4, 0.5) is 0 Å². The number of aliphatic hydroxyl groups is 1. The number of nitrogens with one attached hydrogen (secondary N) is 1. The molecule has 4 nitrogen and oxygen atoms in total. The van der Waals surface area contributed by atoms with Crippen LogP contribution in [0.2, 0.25) is 0 Å². The van der Waals surface area contributed by atoms with E-state index in [0.717, 1.165) is 13.0 Å². The molecule has 0 aromatic heterocycles. The summed E-state index contributed by atoms with van der Waals surface area (Å²) in [5, 5.41) is 12.0. The van der Waals surface area contributed by atoms with Gasteiger partial charge in [-0.1, -0.05) is 6.92 Å². The molecule has 0 aliphatic carbocycles. The van der Waals surface area contributed by atoms with Gasteiger partial charge in [0.15, 0.2) is 0 Å². The zero-order valence-corrected chi connectivity index (χ0v) is 9.95. The number of ether oxygens (including phenoxy) is 1. The minimum atomic E-state index is -0.160. The van der Waals surface area contributed by atoms with Crippen molar-refractivity contribution in [2.24, 2.45) is 5.92 Å². The summed E-state index contributed by atoms with van der Waals surface area (Å²) >= 11 is 0. The topological polar surface area (TPSA) is 58.6 Å². The lowest BCUT2D eigenvalue weighted by Gasteiger charge is -2.16. The standard InChI is InChI=1S/C11H23NO3/c1-4-15-11(14)7-10(3)12-8-9(2)5-6-13/h9-10,12-13H,4-8H2,1-3H3. The summed E-state index contributed by atoms with van der Waals surface area (Å²) in [6, 6.07) is 0.130. The molecule has 90 valence electrons. The number of hydrogen-bond donors (Lipinski definition) is 2. The van der Waals surface area contributed by atoms with Gasteiger partial charge in [-0.05, 0) is 32.7 Å². The molecule has 0 saturated heterocycles. The Bertz CT molecular complexity index is 173. The van der Waals surface area contributed by atoms with Gasteiger partial charge in [-0.15, -0.1) is 0 Å². The highest BCUT2D eigenvalue weighted by Crippen LogP contribution is 2.00. The smallest absolute Gasteiger partial charge is 0.307 e. The van der Waals surface area contributed by atoms with Gasteiger partial charge >= 0.3 is 5.97 Å². The zero-order valence-electron chi connectivity index (χ0n) is 9.95.